The summed E-state index contributed by atoms with van der Waals surface area (Å²) in [6.07, 6.45) is 0.931. The van der Waals surface area contributed by atoms with E-state index in [-0.39, 0.29) is 0 Å². The van der Waals surface area contributed by atoms with Gasteiger partial charge in [0.1, 0.15) is 0 Å². The number of hydrogen-bond acceptors (Lipinski definition) is 3. The molecule has 1 aromatic carbocycles. The Morgan fingerprint density at radius 2 is 2.08 bits per heavy atom. The van der Waals surface area contributed by atoms with Gasteiger partial charge in [-0.1, -0.05) is 29.8 Å². The Labute approximate surface area is 155 Å². The minimum atomic E-state index is 0.623. The van der Waals surface area contributed by atoms with E-state index in [1.54, 1.807) is 0 Å². The molecule has 0 radical (unpaired) electrons. The lowest BCUT2D eigenvalue weighted by atomic mass is 10.1. The predicted molar refractivity (Wildman–Crippen MR) is 107 cm³/mol. The van der Waals surface area contributed by atoms with E-state index in [0.29, 0.717) is 5.11 Å². The van der Waals surface area contributed by atoms with Gasteiger partial charge in [-0.3, -0.25) is 4.68 Å². The van der Waals surface area contributed by atoms with Crippen LogP contribution in [0.15, 0.2) is 24.3 Å². The fourth-order valence-corrected chi connectivity index (χ4v) is 2.90. The van der Waals surface area contributed by atoms with E-state index in [1.165, 1.54) is 11.1 Å². The van der Waals surface area contributed by atoms with Crippen LogP contribution in [-0.2, 0) is 11.3 Å². The summed E-state index contributed by atoms with van der Waals surface area (Å²) in [5.74, 6) is 0. The van der Waals surface area contributed by atoms with Gasteiger partial charge in [0.05, 0.1) is 23.6 Å². The highest BCUT2D eigenvalue weighted by molar-refractivity contribution is 7.80. The maximum Gasteiger partial charge on any atom is 0.170 e. The number of hydrogen-bond donors (Lipinski definition) is 2. The minimum Gasteiger partial charge on any atom is -0.382 e. The molecule has 0 unspecified atom stereocenters. The molecule has 6 heteroatoms. The van der Waals surface area contributed by atoms with Crippen molar-refractivity contribution in [3.8, 4) is 0 Å². The average Bonchev–Trinajstić information content (AvgIpc) is 2.82. The second kappa shape index (κ2) is 9.53. The molecule has 2 rings (SSSR count). The largest absolute Gasteiger partial charge is 0.382 e. The lowest BCUT2D eigenvalue weighted by molar-refractivity contribution is 0.146. The highest BCUT2D eigenvalue weighted by Crippen LogP contribution is 2.20. The molecule has 1 heterocycles. The third-order valence-corrected chi connectivity index (χ3v) is 4.24. The summed E-state index contributed by atoms with van der Waals surface area (Å²) in [5.41, 5.74) is 5.51. The summed E-state index contributed by atoms with van der Waals surface area (Å²) < 4.78 is 7.34. The summed E-state index contributed by atoms with van der Waals surface area (Å²) >= 11 is 5.39. The maximum atomic E-state index is 5.39. The van der Waals surface area contributed by atoms with Gasteiger partial charge in [-0.2, -0.15) is 5.10 Å². The van der Waals surface area contributed by atoms with Crippen LogP contribution in [-0.4, -0.2) is 34.7 Å². The number of ether oxygens (including phenoxy) is 1. The fourth-order valence-electron chi connectivity index (χ4n) is 2.69. The number of nitrogens with zero attached hydrogens (tertiary/aromatic N) is 2. The van der Waals surface area contributed by atoms with Gasteiger partial charge in [0.25, 0.3) is 0 Å². The number of benzene rings is 1. The number of thiocarbonyl (C=S) groups is 1. The molecule has 1 aromatic heterocycles. The number of rotatable bonds is 8. The van der Waals surface area contributed by atoms with Crippen LogP contribution in [0.5, 0.6) is 0 Å². The topological polar surface area (TPSA) is 51.1 Å². The lowest BCUT2D eigenvalue weighted by Crippen LogP contribution is -2.30. The Balaban J connectivity index is 1.95. The van der Waals surface area contributed by atoms with Gasteiger partial charge in [0, 0.05) is 19.8 Å². The summed E-state index contributed by atoms with van der Waals surface area (Å²) in [6.45, 7) is 11.2. The first-order valence-electron chi connectivity index (χ1n) is 8.73. The van der Waals surface area contributed by atoms with E-state index < -0.39 is 0 Å². The molecular weight excluding hydrogens is 332 g/mol. The number of anilines is 1. The Morgan fingerprint density at radius 3 is 2.80 bits per heavy atom. The quantitative estimate of drug-likeness (QED) is 0.557. The predicted octanol–water partition coefficient (Wildman–Crippen LogP) is 3.57. The number of aryl methyl sites for hydroxylation is 2. The van der Waals surface area contributed by atoms with Crippen LogP contribution in [0.1, 0.15) is 35.9 Å². The van der Waals surface area contributed by atoms with E-state index in [9.17, 15) is 0 Å². The van der Waals surface area contributed by atoms with Crippen molar-refractivity contribution in [1.29, 1.82) is 0 Å². The molecule has 0 bridgehead atoms. The van der Waals surface area contributed by atoms with Gasteiger partial charge in [0.2, 0.25) is 0 Å². The lowest BCUT2D eigenvalue weighted by Gasteiger charge is -2.11. The number of nitrogens with one attached hydrogen (secondary N) is 2. The zero-order valence-corrected chi connectivity index (χ0v) is 16.4. The van der Waals surface area contributed by atoms with Gasteiger partial charge in [-0.15, -0.1) is 0 Å². The van der Waals surface area contributed by atoms with Crippen LogP contribution < -0.4 is 10.6 Å². The third kappa shape index (κ3) is 5.83. The van der Waals surface area contributed by atoms with Gasteiger partial charge in [0.15, 0.2) is 5.11 Å². The minimum absolute atomic E-state index is 0.623. The van der Waals surface area contributed by atoms with Crippen LogP contribution in [0.3, 0.4) is 0 Å². The SMILES string of the molecule is CCOCCCNC(=S)Nc1c(C)nn(Cc2cccc(C)c2)c1C. The van der Waals surface area contributed by atoms with Gasteiger partial charge < -0.3 is 15.4 Å². The summed E-state index contributed by atoms with van der Waals surface area (Å²) in [5, 5.41) is 11.8. The second-order valence-electron chi connectivity index (χ2n) is 6.12. The fraction of sp³-hybridized carbons (Fsp3) is 0.474. The molecule has 5 nitrogen and oxygen atoms in total. The van der Waals surface area contributed by atoms with Gasteiger partial charge in [-0.05, 0) is 51.9 Å². The Bertz CT molecular complexity index is 711. The highest BCUT2D eigenvalue weighted by Gasteiger charge is 2.13. The first-order valence-corrected chi connectivity index (χ1v) is 9.14. The summed E-state index contributed by atoms with van der Waals surface area (Å²) in [4.78, 5) is 0. The van der Waals surface area contributed by atoms with Gasteiger partial charge in [-0.25, -0.2) is 0 Å². The Morgan fingerprint density at radius 1 is 1.28 bits per heavy atom. The normalized spacial score (nSPS) is 10.7. The molecule has 2 aromatic rings. The molecule has 0 fully saturated rings. The molecule has 0 amide bonds. The van der Waals surface area contributed by atoms with Crippen molar-refractivity contribution in [2.75, 3.05) is 25.1 Å². The molecule has 0 atom stereocenters. The van der Waals surface area contributed by atoms with Crippen LogP contribution >= 0.6 is 12.2 Å². The van der Waals surface area contributed by atoms with Crippen LogP contribution in [0.2, 0.25) is 0 Å². The van der Waals surface area contributed by atoms with Crippen molar-refractivity contribution in [3.05, 3.63) is 46.8 Å². The molecule has 25 heavy (non-hydrogen) atoms. The summed E-state index contributed by atoms with van der Waals surface area (Å²) in [7, 11) is 0. The van der Waals surface area contributed by atoms with Crippen LogP contribution in [0, 0.1) is 20.8 Å². The molecular formula is C19H28N4OS. The molecule has 2 N–H and O–H groups in total. The standard InChI is InChI=1S/C19H28N4OS/c1-5-24-11-7-10-20-19(25)21-18-15(3)22-23(16(18)4)13-17-9-6-8-14(2)12-17/h6,8-9,12H,5,7,10-11,13H2,1-4H3,(H2,20,21,25). The van der Waals surface area contributed by atoms with E-state index in [0.717, 1.165) is 49.8 Å². The van der Waals surface area contributed by atoms with E-state index in [1.807, 2.05) is 18.5 Å². The molecule has 0 aliphatic heterocycles. The Kier molecular flexibility index (Phi) is 7.40. The van der Waals surface area contributed by atoms with Crippen molar-refractivity contribution in [2.24, 2.45) is 0 Å². The molecule has 136 valence electrons. The smallest absolute Gasteiger partial charge is 0.170 e. The average molecular weight is 361 g/mol. The van der Waals surface area contributed by atoms with E-state index in [2.05, 4.69) is 53.8 Å². The van der Waals surface area contributed by atoms with Crippen molar-refractivity contribution < 1.29 is 4.74 Å². The molecule has 0 aliphatic rings. The van der Waals surface area contributed by atoms with E-state index >= 15 is 0 Å². The van der Waals surface area contributed by atoms with Crippen molar-refractivity contribution >= 4 is 23.0 Å². The molecule has 0 saturated carbocycles. The second-order valence-corrected chi connectivity index (χ2v) is 6.53. The first kappa shape index (κ1) is 19.4. The number of aromatic nitrogens is 2. The molecule has 0 spiro atoms. The summed E-state index contributed by atoms with van der Waals surface area (Å²) in [6, 6.07) is 8.50. The zero-order chi connectivity index (χ0) is 18.2. The first-order chi connectivity index (χ1) is 12.0. The Hall–Kier alpha value is -1.92. The van der Waals surface area contributed by atoms with Crippen LogP contribution in [0.25, 0.3) is 0 Å². The maximum absolute atomic E-state index is 5.39. The van der Waals surface area contributed by atoms with Crippen molar-refractivity contribution in [3.63, 3.8) is 0 Å². The van der Waals surface area contributed by atoms with Crippen molar-refractivity contribution in [1.82, 2.24) is 15.1 Å². The van der Waals surface area contributed by atoms with Gasteiger partial charge >= 0.3 is 0 Å². The van der Waals surface area contributed by atoms with E-state index in [4.69, 9.17) is 17.0 Å². The molecule has 0 saturated heterocycles. The molecule has 0 aliphatic carbocycles. The third-order valence-electron chi connectivity index (χ3n) is 3.99. The highest BCUT2D eigenvalue weighted by atomic mass is 32.1. The van der Waals surface area contributed by atoms with Crippen molar-refractivity contribution in [2.45, 2.75) is 40.7 Å². The monoisotopic (exact) mass is 360 g/mol. The zero-order valence-electron chi connectivity index (χ0n) is 15.6. The van der Waals surface area contributed by atoms with Crippen LogP contribution in [0.4, 0.5) is 5.69 Å².